The van der Waals surface area contributed by atoms with Crippen LogP contribution in [-0.2, 0) is 18.2 Å². The molecule has 2 fully saturated rings. The lowest BCUT2D eigenvalue weighted by atomic mass is 9.89. The number of nitrogens with zero attached hydrogens (tertiary/aromatic N) is 3. The van der Waals surface area contributed by atoms with Gasteiger partial charge in [0, 0.05) is 32.7 Å². The van der Waals surface area contributed by atoms with E-state index in [4.69, 9.17) is 4.74 Å². The maximum atomic E-state index is 6.06. The first-order valence-electron chi connectivity index (χ1n) is 7.48. The molecule has 106 valence electrons. The molecule has 2 heterocycles. The quantitative estimate of drug-likeness (QED) is 0.894. The molecule has 1 saturated carbocycles. The molecule has 0 bridgehead atoms. The van der Waals surface area contributed by atoms with Crippen LogP contribution in [0.3, 0.4) is 0 Å². The van der Waals surface area contributed by atoms with Crippen molar-refractivity contribution in [2.75, 3.05) is 13.2 Å². The Labute approximate surface area is 114 Å². The van der Waals surface area contributed by atoms with Crippen LogP contribution in [0.1, 0.15) is 44.3 Å². The van der Waals surface area contributed by atoms with E-state index in [0.29, 0.717) is 6.04 Å². The maximum absolute atomic E-state index is 6.06. The number of hydrogen-bond donors (Lipinski definition) is 1. The molecule has 1 unspecified atom stereocenters. The zero-order chi connectivity index (χ0) is 13.1. The van der Waals surface area contributed by atoms with Gasteiger partial charge in [0.15, 0.2) is 5.82 Å². The second-order valence-electron chi connectivity index (χ2n) is 5.97. The van der Waals surface area contributed by atoms with E-state index in [2.05, 4.69) is 15.4 Å². The van der Waals surface area contributed by atoms with E-state index >= 15 is 0 Å². The van der Waals surface area contributed by atoms with Crippen LogP contribution in [0.15, 0.2) is 6.33 Å². The largest absolute Gasteiger partial charge is 0.375 e. The Morgan fingerprint density at radius 2 is 2.32 bits per heavy atom. The normalized spacial score (nSPS) is 26.1. The molecule has 1 spiro atoms. The molecule has 2 aliphatic rings. The summed E-state index contributed by atoms with van der Waals surface area (Å²) in [6.45, 7) is 1.88. The Hall–Kier alpha value is -0.940. The lowest BCUT2D eigenvalue weighted by molar-refractivity contribution is -0.0834. The Balaban J connectivity index is 1.45. The molecule has 1 saturated heterocycles. The Morgan fingerprint density at radius 3 is 3.05 bits per heavy atom. The van der Waals surface area contributed by atoms with Crippen molar-refractivity contribution in [1.82, 2.24) is 20.1 Å². The van der Waals surface area contributed by atoms with Crippen molar-refractivity contribution in [1.29, 1.82) is 0 Å². The van der Waals surface area contributed by atoms with Crippen LogP contribution >= 0.6 is 0 Å². The molecular formula is C14H24N4O. The average molecular weight is 264 g/mol. The number of ether oxygens (including phenoxy) is 1. The number of hydrogen-bond acceptors (Lipinski definition) is 4. The Bertz CT molecular complexity index is 411. The van der Waals surface area contributed by atoms with Crippen molar-refractivity contribution in [2.24, 2.45) is 7.05 Å². The van der Waals surface area contributed by atoms with Crippen LogP contribution in [0.2, 0.25) is 0 Å². The summed E-state index contributed by atoms with van der Waals surface area (Å²) in [5.41, 5.74) is 0.208. The van der Waals surface area contributed by atoms with E-state index in [1.165, 1.54) is 32.1 Å². The van der Waals surface area contributed by atoms with Crippen molar-refractivity contribution in [3.8, 4) is 0 Å². The highest BCUT2D eigenvalue weighted by atomic mass is 16.5. The first-order chi connectivity index (χ1) is 9.26. The minimum absolute atomic E-state index is 0.208. The van der Waals surface area contributed by atoms with Crippen LogP contribution in [-0.4, -0.2) is 39.6 Å². The van der Waals surface area contributed by atoms with E-state index in [1.807, 2.05) is 7.05 Å². The van der Waals surface area contributed by atoms with E-state index in [1.54, 1.807) is 11.0 Å². The molecule has 1 aromatic heterocycles. The van der Waals surface area contributed by atoms with E-state index in [-0.39, 0.29) is 5.60 Å². The van der Waals surface area contributed by atoms with Gasteiger partial charge in [0.1, 0.15) is 6.33 Å². The molecule has 0 aromatic carbocycles. The van der Waals surface area contributed by atoms with Crippen LogP contribution in [0.4, 0.5) is 0 Å². The highest BCUT2D eigenvalue weighted by Crippen LogP contribution is 2.39. The standard InChI is InChI=1S/C14H24N4O/c1-18-11-16-13(17-18)4-8-15-12-5-9-19-14(10-12)6-2-3-7-14/h11-12,15H,2-10H2,1H3. The summed E-state index contributed by atoms with van der Waals surface area (Å²) in [6, 6.07) is 0.607. The Kier molecular flexibility index (Phi) is 3.84. The third kappa shape index (κ3) is 3.15. The predicted molar refractivity (Wildman–Crippen MR) is 72.9 cm³/mol. The Morgan fingerprint density at radius 1 is 1.47 bits per heavy atom. The minimum Gasteiger partial charge on any atom is -0.375 e. The van der Waals surface area contributed by atoms with Crippen LogP contribution in [0.5, 0.6) is 0 Å². The molecule has 1 N–H and O–H groups in total. The molecule has 1 aromatic rings. The lowest BCUT2D eigenvalue weighted by Gasteiger charge is -2.38. The fourth-order valence-electron chi connectivity index (χ4n) is 3.46. The van der Waals surface area contributed by atoms with Gasteiger partial charge < -0.3 is 10.1 Å². The molecular weight excluding hydrogens is 240 g/mol. The second-order valence-corrected chi connectivity index (χ2v) is 5.97. The van der Waals surface area contributed by atoms with Gasteiger partial charge in [0.25, 0.3) is 0 Å². The summed E-state index contributed by atoms with van der Waals surface area (Å²) in [5.74, 6) is 0.928. The summed E-state index contributed by atoms with van der Waals surface area (Å²) >= 11 is 0. The van der Waals surface area contributed by atoms with Gasteiger partial charge >= 0.3 is 0 Å². The molecule has 1 aliphatic carbocycles. The SMILES string of the molecule is Cn1cnc(CCNC2CCOC3(CCCC3)C2)n1. The highest BCUT2D eigenvalue weighted by Gasteiger charge is 2.39. The number of rotatable bonds is 4. The number of aryl methyl sites for hydroxylation is 1. The summed E-state index contributed by atoms with van der Waals surface area (Å²) in [6.07, 6.45) is 10.2. The maximum Gasteiger partial charge on any atom is 0.151 e. The molecule has 19 heavy (non-hydrogen) atoms. The molecule has 1 atom stereocenters. The fraction of sp³-hybridized carbons (Fsp3) is 0.857. The topological polar surface area (TPSA) is 52.0 Å². The van der Waals surface area contributed by atoms with Gasteiger partial charge in [-0.05, 0) is 25.7 Å². The van der Waals surface area contributed by atoms with Crippen molar-refractivity contribution < 1.29 is 4.74 Å². The molecule has 1 aliphatic heterocycles. The minimum atomic E-state index is 0.208. The smallest absolute Gasteiger partial charge is 0.151 e. The van der Waals surface area contributed by atoms with Gasteiger partial charge in [-0.2, -0.15) is 5.10 Å². The number of aromatic nitrogens is 3. The fourth-order valence-corrected chi connectivity index (χ4v) is 3.46. The van der Waals surface area contributed by atoms with Crippen molar-refractivity contribution in [3.63, 3.8) is 0 Å². The molecule has 0 amide bonds. The van der Waals surface area contributed by atoms with Crippen LogP contribution in [0.25, 0.3) is 0 Å². The van der Waals surface area contributed by atoms with Crippen molar-refractivity contribution >= 4 is 0 Å². The van der Waals surface area contributed by atoms with Gasteiger partial charge in [-0.25, -0.2) is 4.98 Å². The third-order valence-corrected chi connectivity index (χ3v) is 4.44. The van der Waals surface area contributed by atoms with Crippen LogP contribution in [0, 0.1) is 0 Å². The molecule has 3 rings (SSSR count). The first kappa shape index (κ1) is 13.1. The van der Waals surface area contributed by atoms with E-state index in [9.17, 15) is 0 Å². The highest BCUT2D eigenvalue weighted by molar-refractivity contribution is 4.94. The summed E-state index contributed by atoms with van der Waals surface area (Å²) in [7, 11) is 1.91. The van der Waals surface area contributed by atoms with E-state index < -0.39 is 0 Å². The van der Waals surface area contributed by atoms with Gasteiger partial charge in [-0.1, -0.05) is 12.8 Å². The van der Waals surface area contributed by atoms with E-state index in [0.717, 1.165) is 31.8 Å². The first-order valence-corrected chi connectivity index (χ1v) is 7.48. The second kappa shape index (κ2) is 5.59. The van der Waals surface area contributed by atoms with Gasteiger partial charge in [-0.15, -0.1) is 0 Å². The summed E-state index contributed by atoms with van der Waals surface area (Å²) in [4.78, 5) is 4.26. The zero-order valence-corrected chi connectivity index (χ0v) is 11.8. The molecule has 0 radical (unpaired) electrons. The summed E-state index contributed by atoms with van der Waals surface area (Å²) < 4.78 is 7.82. The van der Waals surface area contributed by atoms with Gasteiger partial charge in [0.05, 0.1) is 5.60 Å². The van der Waals surface area contributed by atoms with Gasteiger partial charge in [0.2, 0.25) is 0 Å². The third-order valence-electron chi connectivity index (χ3n) is 4.44. The summed E-state index contributed by atoms with van der Waals surface area (Å²) in [5, 5.41) is 7.97. The van der Waals surface area contributed by atoms with Gasteiger partial charge in [-0.3, -0.25) is 4.68 Å². The zero-order valence-electron chi connectivity index (χ0n) is 11.8. The number of nitrogens with one attached hydrogen (secondary N) is 1. The predicted octanol–water partition coefficient (Wildman–Crippen LogP) is 1.44. The van der Waals surface area contributed by atoms with Crippen molar-refractivity contribution in [2.45, 2.75) is 56.6 Å². The average Bonchev–Trinajstić information content (AvgIpc) is 3.00. The molecule has 5 nitrogen and oxygen atoms in total. The lowest BCUT2D eigenvalue weighted by Crippen LogP contribution is -2.46. The van der Waals surface area contributed by atoms with Crippen LogP contribution < -0.4 is 5.32 Å². The monoisotopic (exact) mass is 264 g/mol. The molecule has 5 heteroatoms. The van der Waals surface area contributed by atoms with Crippen molar-refractivity contribution in [3.05, 3.63) is 12.2 Å².